The first kappa shape index (κ1) is 18.3. The van der Waals surface area contributed by atoms with Crippen molar-refractivity contribution in [2.24, 2.45) is 0 Å². The van der Waals surface area contributed by atoms with Gasteiger partial charge >= 0.3 is 0 Å². The molecule has 3 unspecified atom stereocenters. The van der Waals surface area contributed by atoms with Gasteiger partial charge in [-0.05, 0) is 27.2 Å². The van der Waals surface area contributed by atoms with Crippen molar-refractivity contribution in [1.82, 2.24) is 14.7 Å². The zero-order valence-electron chi connectivity index (χ0n) is 14.9. The second kappa shape index (κ2) is 7.05. The van der Waals surface area contributed by atoms with Crippen LogP contribution in [0.5, 0.6) is 0 Å². The molecule has 0 spiro atoms. The first-order valence-corrected chi connectivity index (χ1v) is 10.5. The van der Waals surface area contributed by atoms with Gasteiger partial charge in [0.2, 0.25) is 5.91 Å². The number of carbonyl (C=O) groups excluding carboxylic acids is 1. The monoisotopic (exact) mass is 370 g/mol. The fraction of sp³-hybridized carbons (Fsp3) is 0.750. The van der Waals surface area contributed by atoms with E-state index in [0.29, 0.717) is 12.2 Å². The molecular weight excluding hydrogens is 344 g/mol. The molecule has 3 rings (SSSR count). The van der Waals surface area contributed by atoms with Crippen LogP contribution in [-0.2, 0) is 19.4 Å². The molecule has 3 heterocycles. The predicted molar refractivity (Wildman–Crippen MR) is 94.4 cm³/mol. The van der Waals surface area contributed by atoms with Gasteiger partial charge in [-0.15, -0.1) is 0 Å². The van der Waals surface area contributed by atoms with Gasteiger partial charge in [-0.2, -0.15) is 5.10 Å². The van der Waals surface area contributed by atoms with Crippen molar-refractivity contribution in [3.63, 3.8) is 0 Å². The SMILES string of the molecule is Cc1cc(NC(=O)CN2CC(C)OC(C)C2)n(C2CCS(=O)(=O)C2)n1. The van der Waals surface area contributed by atoms with E-state index in [1.165, 1.54) is 0 Å². The van der Waals surface area contributed by atoms with E-state index in [9.17, 15) is 13.2 Å². The van der Waals surface area contributed by atoms with Crippen molar-refractivity contribution < 1.29 is 17.9 Å². The summed E-state index contributed by atoms with van der Waals surface area (Å²) in [4.78, 5) is 14.5. The van der Waals surface area contributed by atoms with Crippen LogP contribution in [0.2, 0.25) is 0 Å². The summed E-state index contributed by atoms with van der Waals surface area (Å²) >= 11 is 0. The highest BCUT2D eigenvalue weighted by atomic mass is 32.2. The van der Waals surface area contributed by atoms with Gasteiger partial charge in [-0.1, -0.05) is 0 Å². The summed E-state index contributed by atoms with van der Waals surface area (Å²) in [6.45, 7) is 7.55. The van der Waals surface area contributed by atoms with Crippen LogP contribution in [0, 0.1) is 6.92 Å². The number of hydrogen-bond acceptors (Lipinski definition) is 6. The number of rotatable bonds is 4. The van der Waals surface area contributed by atoms with Crippen LogP contribution < -0.4 is 5.32 Å². The molecular formula is C16H26N4O4S. The normalized spacial score (nSPS) is 29.6. The third-order valence-corrected chi connectivity index (χ3v) is 6.29. The largest absolute Gasteiger partial charge is 0.373 e. The van der Waals surface area contributed by atoms with Crippen LogP contribution in [0.15, 0.2) is 6.07 Å². The summed E-state index contributed by atoms with van der Waals surface area (Å²) < 4.78 is 30.8. The number of sulfone groups is 1. The number of nitrogens with zero attached hydrogens (tertiary/aromatic N) is 3. The Morgan fingerprint density at radius 2 is 2.04 bits per heavy atom. The van der Waals surface area contributed by atoms with Crippen LogP contribution in [0.25, 0.3) is 0 Å². The molecule has 0 saturated carbocycles. The number of anilines is 1. The number of nitrogens with one attached hydrogen (secondary N) is 1. The third kappa shape index (κ3) is 4.59. The smallest absolute Gasteiger partial charge is 0.239 e. The van der Waals surface area contributed by atoms with Crippen LogP contribution in [0.1, 0.15) is 32.0 Å². The minimum absolute atomic E-state index is 0.0789. The summed E-state index contributed by atoms with van der Waals surface area (Å²) in [5, 5.41) is 7.28. The summed E-state index contributed by atoms with van der Waals surface area (Å²) in [6, 6.07) is 1.57. The standard InChI is InChI=1S/C16H26N4O4S/c1-11-6-15(20(18-11)14-4-5-25(22,23)10-14)17-16(21)9-19-7-12(2)24-13(3)8-19/h6,12-14H,4-5,7-10H2,1-3H3,(H,17,21). The van der Waals surface area contributed by atoms with E-state index >= 15 is 0 Å². The minimum Gasteiger partial charge on any atom is -0.373 e. The Labute approximate surface area is 148 Å². The maximum Gasteiger partial charge on any atom is 0.239 e. The van der Waals surface area contributed by atoms with E-state index in [0.717, 1.165) is 18.8 Å². The third-order valence-electron chi connectivity index (χ3n) is 4.54. The molecule has 1 N–H and O–H groups in total. The predicted octanol–water partition coefficient (Wildman–Crippen LogP) is 0.599. The van der Waals surface area contributed by atoms with E-state index in [-0.39, 0.29) is 42.2 Å². The van der Waals surface area contributed by atoms with Crippen LogP contribution in [0.4, 0.5) is 5.82 Å². The van der Waals surface area contributed by atoms with Gasteiger partial charge < -0.3 is 10.1 Å². The van der Waals surface area contributed by atoms with E-state index in [2.05, 4.69) is 15.3 Å². The number of aryl methyl sites for hydroxylation is 1. The summed E-state index contributed by atoms with van der Waals surface area (Å²) in [7, 11) is -3.01. The molecule has 9 heteroatoms. The van der Waals surface area contributed by atoms with E-state index in [1.807, 2.05) is 20.8 Å². The Balaban J connectivity index is 1.65. The summed E-state index contributed by atoms with van der Waals surface area (Å²) in [5.74, 6) is 0.700. The molecule has 2 fully saturated rings. The van der Waals surface area contributed by atoms with E-state index in [4.69, 9.17) is 4.74 Å². The first-order chi connectivity index (χ1) is 11.7. The molecule has 8 nitrogen and oxygen atoms in total. The molecule has 0 bridgehead atoms. The van der Waals surface area contributed by atoms with Crippen molar-refractivity contribution in [2.45, 2.75) is 45.4 Å². The van der Waals surface area contributed by atoms with Crippen molar-refractivity contribution in [3.8, 4) is 0 Å². The lowest BCUT2D eigenvalue weighted by Crippen LogP contribution is -2.48. The average molecular weight is 370 g/mol. The lowest BCUT2D eigenvalue weighted by atomic mass is 10.2. The Hall–Kier alpha value is -1.45. The molecule has 25 heavy (non-hydrogen) atoms. The zero-order chi connectivity index (χ0) is 18.2. The highest BCUT2D eigenvalue weighted by Crippen LogP contribution is 2.27. The summed E-state index contributed by atoms with van der Waals surface area (Å²) in [6.07, 6.45) is 0.742. The van der Waals surface area contributed by atoms with Gasteiger partial charge in [-0.3, -0.25) is 9.69 Å². The first-order valence-electron chi connectivity index (χ1n) is 8.66. The van der Waals surface area contributed by atoms with Gasteiger partial charge in [0.05, 0.1) is 42.0 Å². The average Bonchev–Trinajstić information content (AvgIpc) is 2.99. The van der Waals surface area contributed by atoms with Crippen LogP contribution in [-0.4, -0.2) is 72.4 Å². The number of hydrogen-bond donors (Lipinski definition) is 1. The topological polar surface area (TPSA) is 93.5 Å². The lowest BCUT2D eigenvalue weighted by molar-refractivity contribution is -0.121. The van der Waals surface area contributed by atoms with Gasteiger partial charge in [0.1, 0.15) is 5.82 Å². The number of carbonyl (C=O) groups is 1. The molecule has 140 valence electrons. The molecule has 2 saturated heterocycles. The van der Waals surface area contributed by atoms with Crippen molar-refractivity contribution in [3.05, 3.63) is 11.8 Å². The maximum absolute atomic E-state index is 12.4. The minimum atomic E-state index is -3.01. The number of aromatic nitrogens is 2. The maximum atomic E-state index is 12.4. The molecule has 0 radical (unpaired) electrons. The lowest BCUT2D eigenvalue weighted by Gasteiger charge is -2.34. The molecule has 2 aliphatic rings. The highest BCUT2D eigenvalue weighted by molar-refractivity contribution is 7.91. The molecule has 1 amide bonds. The number of ether oxygens (including phenoxy) is 1. The van der Waals surface area contributed by atoms with E-state index in [1.54, 1.807) is 10.7 Å². The van der Waals surface area contributed by atoms with Crippen molar-refractivity contribution in [2.75, 3.05) is 36.5 Å². The van der Waals surface area contributed by atoms with Crippen LogP contribution in [0.3, 0.4) is 0 Å². The number of amides is 1. The quantitative estimate of drug-likeness (QED) is 0.834. The van der Waals surface area contributed by atoms with Gasteiger partial charge in [0, 0.05) is 19.2 Å². The van der Waals surface area contributed by atoms with Crippen molar-refractivity contribution in [1.29, 1.82) is 0 Å². The Morgan fingerprint density at radius 3 is 2.64 bits per heavy atom. The fourth-order valence-corrected chi connectivity index (χ4v) is 5.35. The second-order valence-electron chi connectivity index (χ2n) is 7.17. The molecule has 0 aromatic carbocycles. The summed E-state index contributed by atoms with van der Waals surface area (Å²) in [5.41, 5.74) is 0.758. The molecule has 1 aromatic rings. The second-order valence-corrected chi connectivity index (χ2v) is 9.40. The fourth-order valence-electron chi connectivity index (χ4n) is 3.66. The Bertz CT molecular complexity index is 735. The Kier molecular flexibility index (Phi) is 5.17. The molecule has 2 aliphatic heterocycles. The molecule has 1 aromatic heterocycles. The highest BCUT2D eigenvalue weighted by Gasteiger charge is 2.31. The zero-order valence-corrected chi connectivity index (χ0v) is 15.8. The molecule has 0 aliphatic carbocycles. The molecule has 3 atom stereocenters. The van der Waals surface area contributed by atoms with Crippen LogP contribution >= 0.6 is 0 Å². The van der Waals surface area contributed by atoms with Gasteiger partial charge in [0.15, 0.2) is 9.84 Å². The van der Waals surface area contributed by atoms with E-state index < -0.39 is 9.84 Å². The Morgan fingerprint density at radius 1 is 1.36 bits per heavy atom. The van der Waals surface area contributed by atoms with Gasteiger partial charge in [0.25, 0.3) is 0 Å². The number of morpholine rings is 1. The van der Waals surface area contributed by atoms with Crippen molar-refractivity contribution >= 4 is 21.6 Å². The van der Waals surface area contributed by atoms with Gasteiger partial charge in [-0.25, -0.2) is 13.1 Å².